The number of carbonyl (C=O) groups is 3. The highest BCUT2D eigenvalue weighted by Gasteiger charge is 2.68. The Balaban J connectivity index is 1.67. The number of methoxy groups -OCH3 is 2. The fourth-order valence-electron chi connectivity index (χ4n) is 3.54. The summed E-state index contributed by atoms with van der Waals surface area (Å²) >= 11 is 0. The Labute approximate surface area is 187 Å². The molecular formula is C22H22F3N3O5. The van der Waals surface area contributed by atoms with Crippen molar-refractivity contribution in [3.05, 3.63) is 59.7 Å². The number of rotatable bonds is 8. The van der Waals surface area contributed by atoms with E-state index in [1.165, 1.54) is 32.4 Å². The van der Waals surface area contributed by atoms with Gasteiger partial charge in [-0.15, -0.1) is 0 Å². The first-order valence-corrected chi connectivity index (χ1v) is 9.88. The number of hydrogen-bond donors (Lipinski definition) is 2. The van der Waals surface area contributed by atoms with E-state index in [0.29, 0.717) is 17.9 Å². The molecule has 4 amide bonds. The molecule has 8 nitrogen and oxygen atoms in total. The lowest BCUT2D eigenvalue weighted by atomic mass is 9.89. The lowest BCUT2D eigenvalue weighted by Gasteiger charge is -2.29. The van der Waals surface area contributed by atoms with E-state index in [9.17, 15) is 27.6 Å². The smallest absolute Gasteiger partial charge is 0.425 e. The average Bonchev–Trinajstić information content (AvgIpc) is 3.05. The van der Waals surface area contributed by atoms with Gasteiger partial charge in [0.25, 0.3) is 5.91 Å². The van der Waals surface area contributed by atoms with Gasteiger partial charge < -0.3 is 20.1 Å². The minimum absolute atomic E-state index is 0.126. The maximum Gasteiger partial charge on any atom is 0.425 e. The van der Waals surface area contributed by atoms with Gasteiger partial charge in [-0.2, -0.15) is 13.2 Å². The zero-order chi connectivity index (χ0) is 24.2. The second-order valence-corrected chi connectivity index (χ2v) is 7.22. The Bertz CT molecular complexity index is 1050. The predicted octanol–water partition coefficient (Wildman–Crippen LogP) is 2.37. The van der Waals surface area contributed by atoms with E-state index in [2.05, 4.69) is 5.32 Å². The molecule has 11 heteroatoms. The van der Waals surface area contributed by atoms with Crippen molar-refractivity contribution in [3.8, 4) is 11.5 Å². The van der Waals surface area contributed by atoms with E-state index in [4.69, 9.17) is 9.47 Å². The average molecular weight is 465 g/mol. The zero-order valence-electron chi connectivity index (χ0n) is 17.9. The van der Waals surface area contributed by atoms with Gasteiger partial charge in [0.15, 0.2) is 11.5 Å². The molecule has 1 atom stereocenters. The Kier molecular flexibility index (Phi) is 6.80. The number of nitrogens with zero attached hydrogens (tertiary/aromatic N) is 1. The molecule has 1 aliphatic rings. The molecule has 0 bridgehead atoms. The van der Waals surface area contributed by atoms with Crippen LogP contribution < -0.4 is 20.1 Å². The van der Waals surface area contributed by atoms with Crippen LogP contribution in [0.15, 0.2) is 48.5 Å². The third-order valence-electron chi connectivity index (χ3n) is 5.22. The summed E-state index contributed by atoms with van der Waals surface area (Å²) in [4.78, 5) is 37.6. The first-order valence-electron chi connectivity index (χ1n) is 9.88. The second kappa shape index (κ2) is 9.39. The van der Waals surface area contributed by atoms with Crippen LogP contribution in [-0.2, 0) is 21.5 Å². The first-order chi connectivity index (χ1) is 15.6. The largest absolute Gasteiger partial charge is 0.493 e. The molecule has 0 saturated carbocycles. The summed E-state index contributed by atoms with van der Waals surface area (Å²) < 4.78 is 52.2. The van der Waals surface area contributed by atoms with Gasteiger partial charge in [0.1, 0.15) is 6.54 Å². The van der Waals surface area contributed by atoms with Crippen LogP contribution in [0, 0.1) is 0 Å². The molecule has 0 radical (unpaired) electrons. The number of imide groups is 1. The molecule has 1 saturated heterocycles. The summed E-state index contributed by atoms with van der Waals surface area (Å²) in [6.45, 7) is -0.720. The minimum atomic E-state index is -5.11. The van der Waals surface area contributed by atoms with Crippen LogP contribution in [0.5, 0.6) is 11.5 Å². The van der Waals surface area contributed by atoms with Crippen molar-refractivity contribution in [2.75, 3.05) is 27.3 Å². The van der Waals surface area contributed by atoms with E-state index in [0.717, 1.165) is 17.7 Å². The number of hydrogen-bond acceptors (Lipinski definition) is 5. The summed E-state index contributed by atoms with van der Waals surface area (Å²) in [6, 6.07) is 10.2. The van der Waals surface area contributed by atoms with E-state index in [-0.39, 0.29) is 11.4 Å². The van der Waals surface area contributed by atoms with Gasteiger partial charge >= 0.3 is 12.2 Å². The molecule has 0 aliphatic carbocycles. The number of benzene rings is 2. The minimum Gasteiger partial charge on any atom is -0.493 e. The number of halogens is 3. The molecule has 2 N–H and O–H groups in total. The molecule has 3 rings (SSSR count). The molecular weight excluding hydrogens is 443 g/mol. The molecule has 2 aromatic carbocycles. The number of alkyl halides is 3. The summed E-state index contributed by atoms with van der Waals surface area (Å²) in [7, 11) is 2.98. The standard InChI is InChI=1S/C22H22F3N3O5/c1-32-16-9-8-14(12-17(16)33-2)10-11-26-18(29)13-28-19(30)21(22(23,24)25,27-20(28)31)15-6-4-3-5-7-15/h3-9,12H,10-11,13H2,1-2H3,(H,26,29)(H,27,31). The summed E-state index contributed by atoms with van der Waals surface area (Å²) in [5, 5.41) is 4.25. The molecule has 2 aromatic rings. The molecule has 1 unspecified atom stereocenters. The van der Waals surface area contributed by atoms with Crippen LogP contribution in [0.1, 0.15) is 11.1 Å². The third kappa shape index (κ3) is 4.57. The Morgan fingerprint density at radius 1 is 1.06 bits per heavy atom. The predicted molar refractivity (Wildman–Crippen MR) is 111 cm³/mol. The van der Waals surface area contributed by atoms with Crippen molar-refractivity contribution in [1.29, 1.82) is 0 Å². The van der Waals surface area contributed by atoms with Crippen LogP contribution >= 0.6 is 0 Å². The first kappa shape index (κ1) is 23.9. The lowest BCUT2D eigenvalue weighted by Crippen LogP contribution is -2.56. The third-order valence-corrected chi connectivity index (χ3v) is 5.22. The van der Waals surface area contributed by atoms with Crippen LogP contribution in [0.4, 0.5) is 18.0 Å². The van der Waals surface area contributed by atoms with Gasteiger partial charge in [-0.05, 0) is 29.7 Å². The van der Waals surface area contributed by atoms with E-state index < -0.39 is 41.7 Å². The fraction of sp³-hybridized carbons (Fsp3) is 0.318. The number of nitrogens with one attached hydrogen (secondary N) is 2. The van der Waals surface area contributed by atoms with Crippen molar-refractivity contribution < 1.29 is 37.0 Å². The van der Waals surface area contributed by atoms with Crippen molar-refractivity contribution in [2.24, 2.45) is 0 Å². The molecule has 176 valence electrons. The highest BCUT2D eigenvalue weighted by molar-refractivity contribution is 6.10. The second-order valence-electron chi connectivity index (χ2n) is 7.22. The summed E-state index contributed by atoms with van der Waals surface area (Å²) in [5.74, 6) is -1.29. The van der Waals surface area contributed by atoms with Crippen LogP contribution in [0.2, 0.25) is 0 Å². The normalized spacial score (nSPS) is 18.2. The maximum absolute atomic E-state index is 14.0. The molecule has 0 aromatic heterocycles. The van der Waals surface area contributed by atoms with Crippen molar-refractivity contribution in [2.45, 2.75) is 18.1 Å². The van der Waals surface area contributed by atoms with Crippen molar-refractivity contribution >= 4 is 17.8 Å². The van der Waals surface area contributed by atoms with E-state index >= 15 is 0 Å². The van der Waals surface area contributed by atoms with E-state index in [1.807, 2.05) is 0 Å². The van der Waals surface area contributed by atoms with Crippen molar-refractivity contribution in [3.63, 3.8) is 0 Å². The van der Waals surface area contributed by atoms with Crippen LogP contribution in [-0.4, -0.2) is 56.2 Å². The quantitative estimate of drug-likeness (QED) is 0.584. The van der Waals surface area contributed by atoms with Gasteiger partial charge in [0.05, 0.1) is 14.2 Å². The van der Waals surface area contributed by atoms with Gasteiger partial charge in [0, 0.05) is 6.54 Å². The summed E-state index contributed by atoms with van der Waals surface area (Å²) in [5.41, 5.74) is -2.87. The van der Waals surface area contributed by atoms with Crippen molar-refractivity contribution in [1.82, 2.24) is 15.5 Å². The maximum atomic E-state index is 14.0. The number of carbonyl (C=O) groups excluding carboxylic acids is 3. The van der Waals surface area contributed by atoms with Gasteiger partial charge in [-0.3, -0.25) is 14.5 Å². The Morgan fingerprint density at radius 2 is 1.73 bits per heavy atom. The fourth-order valence-corrected chi connectivity index (χ4v) is 3.54. The molecule has 0 spiro atoms. The van der Waals surface area contributed by atoms with Crippen LogP contribution in [0.3, 0.4) is 0 Å². The van der Waals surface area contributed by atoms with Gasteiger partial charge in [-0.1, -0.05) is 36.4 Å². The van der Waals surface area contributed by atoms with Gasteiger partial charge in [0.2, 0.25) is 11.4 Å². The highest BCUT2D eigenvalue weighted by atomic mass is 19.4. The lowest BCUT2D eigenvalue weighted by molar-refractivity contribution is -0.198. The molecule has 1 heterocycles. The van der Waals surface area contributed by atoms with Crippen LogP contribution in [0.25, 0.3) is 0 Å². The molecule has 33 heavy (non-hydrogen) atoms. The zero-order valence-corrected chi connectivity index (χ0v) is 17.9. The molecule has 1 aliphatic heterocycles. The SMILES string of the molecule is COc1ccc(CCNC(=O)CN2C(=O)NC(c3ccccc3)(C(F)(F)F)C2=O)cc1OC. The Morgan fingerprint density at radius 3 is 2.33 bits per heavy atom. The number of ether oxygens (including phenoxy) is 2. The Hall–Kier alpha value is -3.76. The topological polar surface area (TPSA) is 97.0 Å². The monoisotopic (exact) mass is 465 g/mol. The molecule has 1 fully saturated rings. The van der Waals surface area contributed by atoms with E-state index in [1.54, 1.807) is 23.5 Å². The summed E-state index contributed by atoms with van der Waals surface area (Å²) in [6.07, 6.45) is -4.73. The number of amides is 4. The highest BCUT2D eigenvalue weighted by Crippen LogP contribution is 2.43. The van der Waals surface area contributed by atoms with Gasteiger partial charge in [-0.25, -0.2) is 4.79 Å². The number of urea groups is 1.